The van der Waals surface area contributed by atoms with Gasteiger partial charge in [-0.15, -0.1) is 0 Å². The van der Waals surface area contributed by atoms with Gasteiger partial charge in [0.15, 0.2) is 0 Å². The zero-order chi connectivity index (χ0) is 22.5. The second-order valence-electron chi connectivity index (χ2n) is 10.4. The van der Waals surface area contributed by atoms with Crippen molar-refractivity contribution < 1.29 is 9.59 Å². The zero-order valence-electron chi connectivity index (χ0n) is 20.2. The lowest BCUT2D eigenvalue weighted by Gasteiger charge is -2.43. The highest BCUT2D eigenvalue weighted by molar-refractivity contribution is 5.75. The summed E-state index contributed by atoms with van der Waals surface area (Å²) in [5, 5.41) is 6.65. The van der Waals surface area contributed by atoms with Crippen molar-refractivity contribution in [3.8, 4) is 0 Å². The predicted octanol–water partition coefficient (Wildman–Crippen LogP) is 2.02. The number of hydrogen-bond donors (Lipinski definition) is 2. The van der Waals surface area contributed by atoms with E-state index in [1.165, 1.54) is 25.7 Å². The standard InChI is InChI=1S/C24H44N6O2/c1-27(23(31)29-15-11-25-12-16-29)21-7-3-19(4-8-21)20-5-9-22(10-6-20)28(2)24(32)30-17-13-26-14-18-30/h19-22,25-26H,3-18H2,1-2H3. The summed E-state index contributed by atoms with van der Waals surface area (Å²) in [5.41, 5.74) is 0. The van der Waals surface area contributed by atoms with Gasteiger partial charge in [-0.3, -0.25) is 0 Å². The van der Waals surface area contributed by atoms with Gasteiger partial charge >= 0.3 is 12.1 Å². The molecule has 2 N–H and O–H groups in total. The Bertz CT molecular complexity index is 564. The van der Waals surface area contributed by atoms with Gasteiger partial charge in [-0.25, -0.2) is 9.59 Å². The van der Waals surface area contributed by atoms with Gasteiger partial charge in [0.25, 0.3) is 0 Å². The Kier molecular flexibility index (Phi) is 8.16. The van der Waals surface area contributed by atoms with Gasteiger partial charge in [0.05, 0.1) is 0 Å². The monoisotopic (exact) mass is 448 g/mol. The number of carbonyl (C=O) groups excluding carboxylic acids is 2. The Labute approximate surface area is 194 Å². The molecule has 0 radical (unpaired) electrons. The number of rotatable bonds is 3. The fourth-order valence-corrected chi connectivity index (χ4v) is 6.39. The van der Waals surface area contributed by atoms with Crippen molar-refractivity contribution in [3.63, 3.8) is 0 Å². The smallest absolute Gasteiger partial charge is 0.320 e. The Morgan fingerprint density at radius 1 is 0.594 bits per heavy atom. The molecule has 2 saturated heterocycles. The van der Waals surface area contributed by atoms with Crippen LogP contribution in [0.4, 0.5) is 9.59 Å². The highest BCUT2D eigenvalue weighted by Gasteiger charge is 2.35. The van der Waals surface area contributed by atoms with E-state index in [1.54, 1.807) is 0 Å². The van der Waals surface area contributed by atoms with Gasteiger partial charge in [0.2, 0.25) is 0 Å². The number of nitrogens with zero attached hydrogens (tertiary/aromatic N) is 4. The van der Waals surface area contributed by atoms with Crippen LogP contribution in [-0.4, -0.2) is 110 Å². The summed E-state index contributed by atoms with van der Waals surface area (Å²) in [6.45, 7) is 6.94. The van der Waals surface area contributed by atoms with Gasteiger partial charge in [0, 0.05) is 78.5 Å². The molecule has 4 fully saturated rings. The molecule has 4 aliphatic rings. The second kappa shape index (κ2) is 11.1. The summed E-state index contributed by atoms with van der Waals surface area (Å²) in [5.74, 6) is 1.59. The SMILES string of the molecule is CN(C(=O)N1CCNCC1)C1CCC(C2CCC(N(C)C(=O)N3CCNCC3)CC2)CC1. The molecule has 0 atom stereocenters. The van der Waals surface area contributed by atoms with Crippen LogP contribution in [0.5, 0.6) is 0 Å². The van der Waals surface area contributed by atoms with Crippen molar-refractivity contribution in [2.24, 2.45) is 11.8 Å². The molecular formula is C24H44N6O2. The van der Waals surface area contributed by atoms with Gasteiger partial charge in [-0.1, -0.05) is 0 Å². The first-order valence-electron chi connectivity index (χ1n) is 13.0. The van der Waals surface area contributed by atoms with Gasteiger partial charge in [0.1, 0.15) is 0 Å². The molecule has 2 aliphatic heterocycles. The van der Waals surface area contributed by atoms with E-state index in [-0.39, 0.29) is 12.1 Å². The van der Waals surface area contributed by atoms with Crippen LogP contribution in [0.15, 0.2) is 0 Å². The third kappa shape index (κ3) is 5.50. The van der Waals surface area contributed by atoms with Crippen LogP contribution < -0.4 is 10.6 Å². The molecule has 0 unspecified atom stereocenters. The van der Waals surface area contributed by atoms with Crippen LogP contribution in [0.2, 0.25) is 0 Å². The number of piperazine rings is 2. The van der Waals surface area contributed by atoms with E-state index in [9.17, 15) is 9.59 Å². The summed E-state index contributed by atoms with van der Waals surface area (Å²) >= 11 is 0. The molecule has 8 nitrogen and oxygen atoms in total. The quantitative estimate of drug-likeness (QED) is 0.693. The van der Waals surface area contributed by atoms with Crippen LogP contribution in [0.1, 0.15) is 51.4 Å². The lowest BCUT2D eigenvalue weighted by molar-refractivity contribution is 0.0893. The molecule has 0 aromatic carbocycles. The molecule has 182 valence electrons. The molecule has 0 bridgehead atoms. The minimum atomic E-state index is 0.215. The van der Waals surface area contributed by atoms with E-state index < -0.39 is 0 Å². The molecule has 0 aromatic rings. The fourth-order valence-electron chi connectivity index (χ4n) is 6.39. The highest BCUT2D eigenvalue weighted by atomic mass is 16.2. The number of hydrogen-bond acceptors (Lipinski definition) is 4. The van der Waals surface area contributed by atoms with Crippen molar-refractivity contribution >= 4 is 12.1 Å². The lowest BCUT2D eigenvalue weighted by Crippen LogP contribution is -2.53. The van der Waals surface area contributed by atoms with Crippen LogP contribution in [0, 0.1) is 11.8 Å². The molecule has 2 saturated carbocycles. The fraction of sp³-hybridized carbons (Fsp3) is 0.917. The van der Waals surface area contributed by atoms with Gasteiger partial charge < -0.3 is 30.2 Å². The average molecular weight is 449 g/mol. The maximum atomic E-state index is 12.8. The Balaban J connectivity index is 1.19. The second-order valence-corrected chi connectivity index (χ2v) is 10.4. The van der Waals surface area contributed by atoms with Crippen molar-refractivity contribution in [1.29, 1.82) is 0 Å². The highest BCUT2D eigenvalue weighted by Crippen LogP contribution is 2.40. The summed E-state index contributed by atoms with van der Waals surface area (Å²) in [4.78, 5) is 33.7. The normalized spacial score (nSPS) is 31.8. The Hall–Kier alpha value is -1.54. The van der Waals surface area contributed by atoms with E-state index in [2.05, 4.69) is 10.6 Å². The molecule has 0 spiro atoms. The van der Waals surface area contributed by atoms with E-state index in [1.807, 2.05) is 33.7 Å². The van der Waals surface area contributed by atoms with Crippen LogP contribution in [-0.2, 0) is 0 Å². The molecule has 2 aliphatic carbocycles. The molecule has 0 aromatic heterocycles. The predicted molar refractivity (Wildman–Crippen MR) is 127 cm³/mol. The first kappa shape index (κ1) is 23.6. The maximum absolute atomic E-state index is 12.8. The first-order valence-corrected chi connectivity index (χ1v) is 13.0. The van der Waals surface area contributed by atoms with E-state index >= 15 is 0 Å². The van der Waals surface area contributed by atoms with E-state index in [4.69, 9.17) is 0 Å². The third-order valence-electron chi connectivity index (χ3n) is 8.62. The van der Waals surface area contributed by atoms with Crippen LogP contribution in [0.25, 0.3) is 0 Å². The first-order chi connectivity index (χ1) is 15.5. The van der Waals surface area contributed by atoms with Gasteiger partial charge in [-0.05, 0) is 63.2 Å². The van der Waals surface area contributed by atoms with Crippen molar-refractivity contribution in [3.05, 3.63) is 0 Å². The van der Waals surface area contributed by atoms with Crippen molar-refractivity contribution in [1.82, 2.24) is 30.2 Å². The summed E-state index contributed by atoms with van der Waals surface area (Å²) < 4.78 is 0. The lowest BCUT2D eigenvalue weighted by atomic mass is 9.71. The number of carbonyl (C=O) groups is 2. The number of nitrogens with one attached hydrogen (secondary N) is 2. The van der Waals surface area contributed by atoms with Gasteiger partial charge in [-0.2, -0.15) is 0 Å². The van der Waals surface area contributed by atoms with Crippen LogP contribution >= 0.6 is 0 Å². The average Bonchev–Trinajstić information content (AvgIpc) is 2.88. The van der Waals surface area contributed by atoms with Crippen molar-refractivity contribution in [2.45, 2.75) is 63.5 Å². The maximum Gasteiger partial charge on any atom is 0.320 e. The molecule has 8 heteroatoms. The minimum absolute atomic E-state index is 0.215. The molecule has 32 heavy (non-hydrogen) atoms. The zero-order valence-corrected chi connectivity index (χ0v) is 20.2. The number of urea groups is 2. The Morgan fingerprint density at radius 2 is 0.906 bits per heavy atom. The summed E-state index contributed by atoms with van der Waals surface area (Å²) in [6, 6.07) is 1.22. The number of amides is 4. The Morgan fingerprint density at radius 3 is 1.22 bits per heavy atom. The third-order valence-corrected chi connectivity index (χ3v) is 8.62. The minimum Gasteiger partial charge on any atom is -0.325 e. The molecule has 2 heterocycles. The van der Waals surface area contributed by atoms with E-state index in [0.717, 1.165) is 89.9 Å². The largest absolute Gasteiger partial charge is 0.325 e. The molecular weight excluding hydrogens is 404 g/mol. The molecule has 4 rings (SSSR count). The topological polar surface area (TPSA) is 71.2 Å². The van der Waals surface area contributed by atoms with E-state index in [0.29, 0.717) is 12.1 Å². The van der Waals surface area contributed by atoms with Crippen LogP contribution in [0.3, 0.4) is 0 Å². The molecule has 4 amide bonds. The van der Waals surface area contributed by atoms with Crippen molar-refractivity contribution in [2.75, 3.05) is 66.5 Å². The summed E-state index contributed by atoms with van der Waals surface area (Å²) in [7, 11) is 4.01. The summed E-state index contributed by atoms with van der Waals surface area (Å²) in [6.07, 6.45) is 9.54.